The van der Waals surface area contributed by atoms with Crippen LogP contribution in [0.25, 0.3) is 0 Å². The molecule has 31 heavy (non-hydrogen) atoms. The average molecular weight is 430 g/mol. The summed E-state index contributed by atoms with van der Waals surface area (Å²) < 4.78 is 0. The summed E-state index contributed by atoms with van der Waals surface area (Å²) >= 11 is 0. The fourth-order valence-corrected chi connectivity index (χ4v) is 5.78. The van der Waals surface area contributed by atoms with E-state index in [9.17, 15) is 0 Å². The Morgan fingerprint density at radius 1 is 0.935 bits per heavy atom. The van der Waals surface area contributed by atoms with E-state index >= 15 is 0 Å². The summed E-state index contributed by atoms with van der Waals surface area (Å²) in [7, 11) is 0. The molecular formula is C26H47N5. The molecule has 5 nitrogen and oxygen atoms in total. The second-order valence-electron chi connectivity index (χ2n) is 10.7. The molecule has 0 saturated carbocycles. The highest BCUT2D eigenvalue weighted by Gasteiger charge is 2.39. The smallest absolute Gasteiger partial charge is 0.225 e. The van der Waals surface area contributed by atoms with E-state index in [1.54, 1.807) is 0 Å². The number of nitrogens with zero attached hydrogens (tertiary/aromatic N) is 5. The lowest BCUT2D eigenvalue weighted by Gasteiger charge is -2.51. The lowest BCUT2D eigenvalue weighted by atomic mass is 9.90. The van der Waals surface area contributed by atoms with Crippen LogP contribution in [0.15, 0.2) is 12.4 Å². The van der Waals surface area contributed by atoms with Crippen molar-refractivity contribution in [2.45, 2.75) is 104 Å². The van der Waals surface area contributed by atoms with Gasteiger partial charge in [-0.2, -0.15) is 0 Å². The molecule has 5 heteroatoms. The normalized spacial score (nSPS) is 25.8. The van der Waals surface area contributed by atoms with Gasteiger partial charge in [0, 0.05) is 43.6 Å². The second-order valence-corrected chi connectivity index (χ2v) is 10.7. The molecule has 0 aromatic carbocycles. The number of anilines is 1. The molecule has 0 spiro atoms. The van der Waals surface area contributed by atoms with E-state index in [1.807, 2.05) is 0 Å². The Labute approximate surface area is 191 Å². The second kappa shape index (κ2) is 11.1. The molecule has 3 aliphatic heterocycles. The first-order valence-corrected chi connectivity index (χ1v) is 12.6. The Morgan fingerprint density at radius 2 is 1.55 bits per heavy atom. The topological polar surface area (TPSA) is 35.5 Å². The Kier molecular flexibility index (Phi) is 8.74. The minimum absolute atomic E-state index is 0. The monoisotopic (exact) mass is 429 g/mol. The zero-order valence-electron chi connectivity index (χ0n) is 19.8. The van der Waals surface area contributed by atoms with Crippen molar-refractivity contribution in [2.75, 3.05) is 37.6 Å². The largest absolute Gasteiger partial charge is 0.332 e. The molecule has 176 valence electrons. The number of piperidine rings is 2. The maximum atomic E-state index is 4.90. The molecule has 3 fully saturated rings. The molecular weight excluding hydrogens is 382 g/mol. The molecule has 1 aromatic rings. The van der Waals surface area contributed by atoms with Gasteiger partial charge >= 0.3 is 0 Å². The SMILES string of the molecule is C.CC(C)CCCN1CCC(c2cnc(N3C4CCCC3CN(C(C)C)C4)nc2)CC1. The van der Waals surface area contributed by atoms with Crippen LogP contribution in [0.1, 0.15) is 91.5 Å². The molecule has 0 radical (unpaired) electrons. The van der Waals surface area contributed by atoms with Gasteiger partial charge in [-0.3, -0.25) is 4.90 Å². The third-order valence-corrected chi connectivity index (χ3v) is 7.69. The van der Waals surface area contributed by atoms with E-state index in [4.69, 9.17) is 9.97 Å². The van der Waals surface area contributed by atoms with Gasteiger partial charge in [0.05, 0.1) is 0 Å². The zero-order chi connectivity index (χ0) is 21.1. The Morgan fingerprint density at radius 3 is 2.10 bits per heavy atom. The number of hydrogen-bond donors (Lipinski definition) is 0. The Hall–Kier alpha value is -1.20. The van der Waals surface area contributed by atoms with Gasteiger partial charge < -0.3 is 9.80 Å². The summed E-state index contributed by atoms with van der Waals surface area (Å²) in [5.41, 5.74) is 1.35. The van der Waals surface area contributed by atoms with E-state index in [1.165, 1.54) is 70.1 Å². The van der Waals surface area contributed by atoms with Crippen molar-refractivity contribution in [3.63, 3.8) is 0 Å². The predicted octanol–water partition coefficient (Wildman–Crippen LogP) is 5.18. The van der Waals surface area contributed by atoms with E-state index < -0.39 is 0 Å². The lowest BCUT2D eigenvalue weighted by Crippen LogP contribution is -2.62. The first-order valence-electron chi connectivity index (χ1n) is 12.6. The Bertz CT molecular complexity index is 636. The van der Waals surface area contributed by atoms with Crippen LogP contribution in [0.5, 0.6) is 0 Å². The molecule has 0 aliphatic carbocycles. The highest BCUT2D eigenvalue weighted by atomic mass is 15.4. The third kappa shape index (κ3) is 5.98. The zero-order valence-corrected chi connectivity index (χ0v) is 19.8. The summed E-state index contributed by atoms with van der Waals surface area (Å²) in [6, 6.07) is 1.80. The predicted molar refractivity (Wildman–Crippen MR) is 132 cm³/mol. The van der Waals surface area contributed by atoms with Crippen LogP contribution in [-0.2, 0) is 0 Å². The van der Waals surface area contributed by atoms with Crippen molar-refractivity contribution in [1.82, 2.24) is 19.8 Å². The van der Waals surface area contributed by atoms with Crippen molar-refractivity contribution < 1.29 is 0 Å². The highest BCUT2D eigenvalue weighted by Crippen LogP contribution is 2.33. The van der Waals surface area contributed by atoms with Gasteiger partial charge in [-0.25, -0.2) is 9.97 Å². The highest BCUT2D eigenvalue weighted by molar-refractivity contribution is 5.37. The van der Waals surface area contributed by atoms with Gasteiger partial charge in [-0.15, -0.1) is 0 Å². The summed E-state index contributed by atoms with van der Waals surface area (Å²) in [5.74, 6) is 2.44. The molecule has 3 saturated heterocycles. The van der Waals surface area contributed by atoms with Crippen LogP contribution in [0.2, 0.25) is 0 Å². The van der Waals surface area contributed by atoms with Crippen LogP contribution in [0.4, 0.5) is 5.95 Å². The lowest BCUT2D eigenvalue weighted by molar-refractivity contribution is 0.124. The number of aromatic nitrogens is 2. The fourth-order valence-electron chi connectivity index (χ4n) is 5.78. The number of fused-ring (bicyclic) bond motifs is 2. The maximum absolute atomic E-state index is 4.90. The van der Waals surface area contributed by atoms with Gasteiger partial charge in [0.15, 0.2) is 0 Å². The minimum atomic E-state index is 0. The average Bonchev–Trinajstić information content (AvgIpc) is 2.73. The van der Waals surface area contributed by atoms with Crippen molar-refractivity contribution in [3.8, 4) is 0 Å². The maximum Gasteiger partial charge on any atom is 0.225 e. The van der Waals surface area contributed by atoms with E-state index in [0.29, 0.717) is 24.0 Å². The number of rotatable bonds is 7. The molecule has 0 N–H and O–H groups in total. The molecule has 2 bridgehead atoms. The first-order chi connectivity index (χ1) is 14.5. The van der Waals surface area contributed by atoms with Gasteiger partial charge in [-0.1, -0.05) is 21.3 Å². The number of likely N-dealkylation sites (tertiary alicyclic amines) is 2. The van der Waals surface area contributed by atoms with Crippen LogP contribution in [-0.4, -0.2) is 70.6 Å². The standard InChI is InChI=1S/C25H43N5.CH4/c1-19(2)7-6-12-28-13-10-21(11-14-28)22-15-26-25(27-16-22)30-23-8-5-9-24(30)18-29(17-23)20(3)4;/h15-16,19-21,23-24H,5-14,17-18H2,1-4H3;1H4. The molecule has 2 unspecified atom stereocenters. The van der Waals surface area contributed by atoms with E-state index in [2.05, 4.69) is 54.8 Å². The van der Waals surface area contributed by atoms with Gasteiger partial charge in [-0.05, 0) is 95.8 Å². The first kappa shape index (κ1) is 24.4. The minimum Gasteiger partial charge on any atom is -0.332 e. The number of piperazine rings is 1. The molecule has 2 atom stereocenters. The molecule has 1 aromatic heterocycles. The van der Waals surface area contributed by atoms with Crippen molar-refractivity contribution in [3.05, 3.63) is 18.0 Å². The summed E-state index contributed by atoms with van der Waals surface area (Å²) in [5, 5.41) is 0. The summed E-state index contributed by atoms with van der Waals surface area (Å²) in [6.45, 7) is 15.4. The van der Waals surface area contributed by atoms with E-state index in [0.717, 1.165) is 25.0 Å². The fraction of sp³-hybridized carbons (Fsp3) is 0.846. The van der Waals surface area contributed by atoms with Crippen molar-refractivity contribution in [2.24, 2.45) is 5.92 Å². The van der Waals surface area contributed by atoms with Crippen molar-refractivity contribution >= 4 is 5.95 Å². The molecule has 3 aliphatic rings. The van der Waals surface area contributed by atoms with Crippen LogP contribution >= 0.6 is 0 Å². The molecule has 4 heterocycles. The number of hydrogen-bond acceptors (Lipinski definition) is 5. The third-order valence-electron chi connectivity index (χ3n) is 7.69. The van der Waals surface area contributed by atoms with E-state index in [-0.39, 0.29) is 7.43 Å². The molecule has 0 amide bonds. The van der Waals surface area contributed by atoms with Crippen LogP contribution < -0.4 is 4.90 Å². The summed E-state index contributed by atoms with van der Waals surface area (Å²) in [4.78, 5) is 17.7. The Balaban J connectivity index is 0.00000272. The van der Waals surface area contributed by atoms with Crippen molar-refractivity contribution in [1.29, 1.82) is 0 Å². The van der Waals surface area contributed by atoms with Crippen LogP contribution in [0, 0.1) is 5.92 Å². The quantitative estimate of drug-likeness (QED) is 0.597. The van der Waals surface area contributed by atoms with Gasteiger partial charge in [0.25, 0.3) is 0 Å². The van der Waals surface area contributed by atoms with Gasteiger partial charge in [0.2, 0.25) is 5.95 Å². The summed E-state index contributed by atoms with van der Waals surface area (Å²) in [6.07, 6.45) is 13.4. The van der Waals surface area contributed by atoms with Gasteiger partial charge in [0.1, 0.15) is 0 Å². The molecule has 4 rings (SSSR count). The van der Waals surface area contributed by atoms with Crippen LogP contribution in [0.3, 0.4) is 0 Å².